The van der Waals surface area contributed by atoms with Crippen LogP contribution in [0.15, 0.2) is 24.3 Å². The summed E-state index contributed by atoms with van der Waals surface area (Å²) in [6.45, 7) is 2.46. The van der Waals surface area contributed by atoms with Crippen LogP contribution in [0.4, 0.5) is 5.13 Å². The Labute approximate surface area is 145 Å². The molecule has 2 aromatic rings. The predicted octanol–water partition coefficient (Wildman–Crippen LogP) is 2.65. The molecule has 2 heterocycles. The Morgan fingerprint density at radius 2 is 2.21 bits per heavy atom. The minimum atomic E-state index is 0.177. The molecule has 3 rings (SSSR count). The number of piperidine rings is 1. The molecule has 0 aliphatic carbocycles. The Morgan fingerprint density at radius 1 is 1.38 bits per heavy atom. The van der Waals surface area contributed by atoms with Crippen LogP contribution in [0.25, 0.3) is 0 Å². The number of benzene rings is 1. The van der Waals surface area contributed by atoms with Crippen LogP contribution in [-0.2, 0) is 11.2 Å². The van der Waals surface area contributed by atoms with Gasteiger partial charge in [-0.15, -0.1) is 0 Å². The third-order valence-electron chi connectivity index (χ3n) is 3.97. The summed E-state index contributed by atoms with van der Waals surface area (Å²) in [5.41, 5.74) is 0.627. The number of rotatable bonds is 6. The summed E-state index contributed by atoms with van der Waals surface area (Å²) in [7, 11) is 1.68. The summed E-state index contributed by atoms with van der Waals surface area (Å²) in [5.74, 6) is 1.62. The summed E-state index contributed by atoms with van der Waals surface area (Å²) in [6, 6.07) is 9.47. The number of methoxy groups -OCH3 is 1. The topological polar surface area (TPSA) is 71.3 Å². The molecule has 6 nitrogen and oxygen atoms in total. The van der Waals surface area contributed by atoms with Crippen molar-refractivity contribution in [2.75, 3.05) is 31.7 Å². The average molecular weight is 344 g/mol. The fourth-order valence-electron chi connectivity index (χ4n) is 2.66. The first-order valence-corrected chi connectivity index (χ1v) is 8.79. The highest BCUT2D eigenvalue weighted by Gasteiger charge is 2.23. The molecule has 126 valence electrons. The number of aromatic nitrogens is 2. The molecule has 7 heteroatoms. The summed E-state index contributed by atoms with van der Waals surface area (Å²) >= 11 is 1.45. The van der Waals surface area contributed by atoms with E-state index < -0.39 is 0 Å². The number of anilines is 1. The highest BCUT2D eigenvalue weighted by Crippen LogP contribution is 2.25. The van der Waals surface area contributed by atoms with Crippen molar-refractivity contribution in [3.63, 3.8) is 0 Å². The van der Waals surface area contributed by atoms with E-state index in [1.54, 1.807) is 19.2 Å². The van der Waals surface area contributed by atoms with Crippen molar-refractivity contribution in [2.24, 2.45) is 0 Å². The summed E-state index contributed by atoms with van der Waals surface area (Å²) in [5, 5.41) is 9.93. The van der Waals surface area contributed by atoms with Gasteiger partial charge in [0, 0.05) is 51.0 Å². The second-order valence-electron chi connectivity index (χ2n) is 5.68. The lowest BCUT2D eigenvalue weighted by Crippen LogP contribution is -2.38. The van der Waals surface area contributed by atoms with Crippen molar-refractivity contribution in [3.05, 3.63) is 35.7 Å². The number of nitrogens with zero attached hydrogens (tertiary/aromatic N) is 4. The Kier molecular flexibility index (Phi) is 5.62. The van der Waals surface area contributed by atoms with Crippen LogP contribution >= 0.6 is 11.5 Å². The molecule has 0 spiro atoms. The fourth-order valence-corrected chi connectivity index (χ4v) is 3.43. The van der Waals surface area contributed by atoms with Crippen molar-refractivity contribution in [3.8, 4) is 11.8 Å². The number of hydrogen-bond acceptors (Lipinski definition) is 7. The van der Waals surface area contributed by atoms with E-state index >= 15 is 0 Å². The number of ether oxygens (including phenoxy) is 2. The second-order valence-corrected chi connectivity index (χ2v) is 6.41. The molecule has 1 aliphatic rings. The van der Waals surface area contributed by atoms with Gasteiger partial charge < -0.3 is 14.4 Å². The zero-order chi connectivity index (χ0) is 16.8. The highest BCUT2D eigenvalue weighted by atomic mass is 32.1. The SMILES string of the molecule is COCCc1nsc(N2CCC(Oc3cccc(C#N)c3)CC2)n1. The van der Waals surface area contributed by atoms with Crippen molar-refractivity contribution >= 4 is 16.7 Å². The lowest BCUT2D eigenvalue weighted by atomic mass is 10.1. The van der Waals surface area contributed by atoms with Crippen LogP contribution in [-0.4, -0.2) is 42.3 Å². The first-order valence-electron chi connectivity index (χ1n) is 8.02. The van der Waals surface area contributed by atoms with Gasteiger partial charge in [-0.05, 0) is 18.2 Å². The monoisotopic (exact) mass is 344 g/mol. The molecule has 1 aromatic heterocycles. The van der Waals surface area contributed by atoms with Crippen LogP contribution in [0.2, 0.25) is 0 Å². The second kappa shape index (κ2) is 8.08. The fraction of sp³-hybridized carbons (Fsp3) is 0.471. The van der Waals surface area contributed by atoms with Crippen LogP contribution in [0, 0.1) is 11.3 Å². The quantitative estimate of drug-likeness (QED) is 0.802. The van der Waals surface area contributed by atoms with E-state index in [1.807, 2.05) is 12.1 Å². The van der Waals surface area contributed by atoms with Gasteiger partial charge in [0.05, 0.1) is 18.2 Å². The molecule has 1 fully saturated rings. The maximum Gasteiger partial charge on any atom is 0.205 e. The molecule has 24 heavy (non-hydrogen) atoms. The van der Waals surface area contributed by atoms with Crippen molar-refractivity contribution < 1.29 is 9.47 Å². The molecule has 0 unspecified atom stereocenters. The van der Waals surface area contributed by atoms with Gasteiger partial charge in [0.25, 0.3) is 0 Å². The van der Waals surface area contributed by atoms with E-state index in [9.17, 15) is 0 Å². The smallest absolute Gasteiger partial charge is 0.205 e. The number of hydrogen-bond donors (Lipinski definition) is 0. The van der Waals surface area contributed by atoms with Gasteiger partial charge in [0.2, 0.25) is 5.13 Å². The summed E-state index contributed by atoms with van der Waals surface area (Å²) < 4.78 is 15.5. The average Bonchev–Trinajstić information content (AvgIpc) is 3.10. The maximum absolute atomic E-state index is 8.95. The molecule has 1 saturated heterocycles. The van der Waals surface area contributed by atoms with Crippen molar-refractivity contribution in [2.45, 2.75) is 25.4 Å². The third kappa shape index (κ3) is 4.22. The van der Waals surface area contributed by atoms with Crippen molar-refractivity contribution in [1.82, 2.24) is 9.36 Å². The Bertz CT molecular complexity index is 705. The Hall–Kier alpha value is -2.17. The first kappa shape index (κ1) is 16.7. The minimum Gasteiger partial charge on any atom is -0.490 e. The lowest BCUT2D eigenvalue weighted by molar-refractivity contribution is 0.171. The molecule has 0 radical (unpaired) electrons. The van der Waals surface area contributed by atoms with Gasteiger partial charge >= 0.3 is 0 Å². The zero-order valence-corrected chi connectivity index (χ0v) is 14.5. The van der Waals surface area contributed by atoms with Gasteiger partial charge in [0.15, 0.2) is 0 Å². The third-order valence-corrected chi connectivity index (χ3v) is 4.78. The summed E-state index contributed by atoms with van der Waals surface area (Å²) in [6.07, 6.45) is 2.80. The first-order chi connectivity index (χ1) is 11.8. The molecular weight excluding hydrogens is 324 g/mol. The van der Waals surface area contributed by atoms with Gasteiger partial charge in [-0.25, -0.2) is 4.98 Å². The zero-order valence-electron chi connectivity index (χ0n) is 13.6. The molecule has 0 amide bonds. The molecule has 0 bridgehead atoms. The largest absolute Gasteiger partial charge is 0.490 e. The Morgan fingerprint density at radius 3 is 2.96 bits per heavy atom. The van der Waals surface area contributed by atoms with E-state index in [0.717, 1.165) is 49.1 Å². The summed E-state index contributed by atoms with van der Waals surface area (Å²) in [4.78, 5) is 6.84. The van der Waals surface area contributed by atoms with Crippen LogP contribution < -0.4 is 9.64 Å². The minimum absolute atomic E-state index is 0.177. The van der Waals surface area contributed by atoms with E-state index in [-0.39, 0.29) is 6.10 Å². The Balaban J connectivity index is 1.52. The molecule has 0 atom stereocenters. The standard InChI is InChI=1S/C17H20N4O2S/c1-22-10-7-16-19-17(24-20-16)21-8-5-14(6-9-21)23-15-4-2-3-13(11-15)12-18/h2-4,11,14H,5-10H2,1H3. The lowest BCUT2D eigenvalue weighted by Gasteiger charge is -2.31. The molecule has 1 aromatic carbocycles. The van der Waals surface area contributed by atoms with Crippen LogP contribution in [0.5, 0.6) is 5.75 Å². The van der Waals surface area contributed by atoms with Gasteiger partial charge in [0.1, 0.15) is 17.7 Å². The highest BCUT2D eigenvalue weighted by molar-refractivity contribution is 7.09. The van der Waals surface area contributed by atoms with E-state index in [1.165, 1.54) is 11.5 Å². The van der Waals surface area contributed by atoms with E-state index in [4.69, 9.17) is 14.7 Å². The number of nitriles is 1. The normalized spacial score (nSPS) is 15.2. The van der Waals surface area contributed by atoms with Gasteiger partial charge in [-0.2, -0.15) is 9.64 Å². The van der Waals surface area contributed by atoms with E-state index in [2.05, 4.69) is 20.3 Å². The molecule has 1 aliphatic heterocycles. The van der Waals surface area contributed by atoms with E-state index in [0.29, 0.717) is 12.2 Å². The maximum atomic E-state index is 8.95. The van der Waals surface area contributed by atoms with Gasteiger partial charge in [-0.1, -0.05) is 6.07 Å². The molecular formula is C17H20N4O2S. The van der Waals surface area contributed by atoms with Crippen LogP contribution in [0.1, 0.15) is 24.2 Å². The van der Waals surface area contributed by atoms with Crippen molar-refractivity contribution in [1.29, 1.82) is 5.26 Å². The van der Waals surface area contributed by atoms with Gasteiger partial charge in [-0.3, -0.25) is 0 Å². The molecule has 0 N–H and O–H groups in total. The van der Waals surface area contributed by atoms with Crippen LogP contribution in [0.3, 0.4) is 0 Å². The molecule has 0 saturated carbocycles. The predicted molar refractivity (Wildman–Crippen MR) is 92.5 cm³/mol.